The maximum absolute atomic E-state index is 11.5. The number of carboxylic acid groups (broad SMARTS) is 3. The summed E-state index contributed by atoms with van der Waals surface area (Å²) >= 11 is 0. The van der Waals surface area contributed by atoms with Crippen LogP contribution in [-0.4, -0.2) is 140 Å². The first kappa shape index (κ1) is 26.2. The van der Waals surface area contributed by atoms with Gasteiger partial charge in [0.2, 0.25) is 0 Å². The minimum absolute atomic E-state index is 0.143. The van der Waals surface area contributed by atoms with Crippen LogP contribution in [0.15, 0.2) is 0 Å². The van der Waals surface area contributed by atoms with Gasteiger partial charge in [-0.2, -0.15) is 0 Å². The predicted molar refractivity (Wildman–Crippen MR) is 103 cm³/mol. The standard InChI is InChI=1S/C17H32N4O9/c1-12(23)17(6-13(24)10-22)11-20(8-15(27)28)5-4-19(7-14(25)26)3-2-18-21(17)9-16(29)30/h12-13,18,22-24H,2-11H2,1H3,(H,25,26)(H,27,28)(H,29,30). The van der Waals surface area contributed by atoms with E-state index < -0.39 is 55.4 Å². The largest absolute Gasteiger partial charge is 0.480 e. The van der Waals surface area contributed by atoms with Crippen LogP contribution in [0.3, 0.4) is 0 Å². The zero-order chi connectivity index (χ0) is 22.9. The molecule has 1 fully saturated rings. The maximum atomic E-state index is 11.5. The van der Waals surface area contributed by atoms with Crippen LogP contribution in [0.4, 0.5) is 0 Å². The Bertz CT molecular complexity index is 592. The number of hydrogen-bond acceptors (Lipinski definition) is 10. The first-order chi connectivity index (χ1) is 14.0. The summed E-state index contributed by atoms with van der Waals surface area (Å²) in [4.78, 5) is 37.0. The van der Waals surface area contributed by atoms with Crippen molar-refractivity contribution in [2.75, 3.05) is 59.0 Å². The lowest BCUT2D eigenvalue weighted by atomic mass is 9.85. The Morgan fingerprint density at radius 3 is 1.97 bits per heavy atom. The summed E-state index contributed by atoms with van der Waals surface area (Å²) < 4.78 is 0. The van der Waals surface area contributed by atoms with Crippen molar-refractivity contribution >= 4 is 17.9 Å². The molecule has 0 aromatic carbocycles. The molecule has 1 aliphatic heterocycles. The van der Waals surface area contributed by atoms with Crippen LogP contribution in [-0.2, 0) is 14.4 Å². The Kier molecular flexibility index (Phi) is 10.6. The minimum Gasteiger partial charge on any atom is -0.480 e. The van der Waals surface area contributed by atoms with E-state index >= 15 is 0 Å². The number of aliphatic carboxylic acids is 3. The average Bonchev–Trinajstić information content (AvgIpc) is 2.62. The second-order valence-electron chi connectivity index (χ2n) is 7.48. The molecule has 0 radical (unpaired) electrons. The van der Waals surface area contributed by atoms with Gasteiger partial charge in [0.15, 0.2) is 0 Å². The summed E-state index contributed by atoms with van der Waals surface area (Å²) in [5.74, 6) is -3.43. The Labute approximate surface area is 174 Å². The van der Waals surface area contributed by atoms with Crippen LogP contribution in [0.5, 0.6) is 0 Å². The first-order valence-electron chi connectivity index (χ1n) is 9.58. The average molecular weight is 436 g/mol. The third-order valence-corrected chi connectivity index (χ3v) is 5.09. The van der Waals surface area contributed by atoms with Gasteiger partial charge in [0.05, 0.1) is 37.4 Å². The second kappa shape index (κ2) is 12.1. The minimum atomic E-state index is -1.44. The normalized spacial score (nSPS) is 24.8. The summed E-state index contributed by atoms with van der Waals surface area (Å²) in [5, 5.41) is 59.0. The van der Waals surface area contributed by atoms with Gasteiger partial charge >= 0.3 is 17.9 Å². The molecule has 13 nitrogen and oxygen atoms in total. The highest BCUT2D eigenvalue weighted by Gasteiger charge is 2.45. The zero-order valence-corrected chi connectivity index (χ0v) is 17.0. The number of carboxylic acids is 3. The van der Waals surface area contributed by atoms with Gasteiger partial charge in [0, 0.05) is 32.7 Å². The zero-order valence-electron chi connectivity index (χ0n) is 17.0. The van der Waals surface area contributed by atoms with E-state index in [9.17, 15) is 39.9 Å². The molecular weight excluding hydrogens is 404 g/mol. The third-order valence-electron chi connectivity index (χ3n) is 5.09. The maximum Gasteiger partial charge on any atom is 0.319 e. The summed E-state index contributed by atoms with van der Waals surface area (Å²) in [6.45, 7) is 0.104. The SMILES string of the molecule is CC(O)C1(CC(O)CO)CN(CC(=O)O)CCN(CC(=O)O)CCNN1CC(=O)O. The molecule has 0 aromatic heterocycles. The highest BCUT2D eigenvalue weighted by molar-refractivity contribution is 5.70. The fourth-order valence-electron chi connectivity index (χ4n) is 3.65. The first-order valence-corrected chi connectivity index (χ1v) is 9.58. The Morgan fingerprint density at radius 2 is 1.47 bits per heavy atom. The molecule has 0 bridgehead atoms. The van der Waals surface area contributed by atoms with Crippen LogP contribution in [0, 0.1) is 0 Å². The van der Waals surface area contributed by atoms with Crippen molar-refractivity contribution in [3.63, 3.8) is 0 Å². The number of hydrazine groups is 1. The number of aliphatic hydroxyl groups is 3. The van der Waals surface area contributed by atoms with E-state index in [0.717, 1.165) is 0 Å². The van der Waals surface area contributed by atoms with Gasteiger partial charge in [-0.05, 0) is 13.3 Å². The van der Waals surface area contributed by atoms with Crippen molar-refractivity contribution in [2.24, 2.45) is 0 Å². The summed E-state index contributed by atoms with van der Waals surface area (Å²) in [5.41, 5.74) is 1.45. The van der Waals surface area contributed by atoms with Crippen molar-refractivity contribution < 1.29 is 45.0 Å². The van der Waals surface area contributed by atoms with Crippen molar-refractivity contribution in [1.82, 2.24) is 20.2 Å². The monoisotopic (exact) mass is 436 g/mol. The number of rotatable bonds is 10. The lowest BCUT2D eigenvalue weighted by Crippen LogP contribution is -2.69. The van der Waals surface area contributed by atoms with Gasteiger partial charge in [-0.1, -0.05) is 0 Å². The molecule has 0 aliphatic carbocycles. The molecule has 7 N–H and O–H groups in total. The topological polar surface area (TPSA) is 194 Å². The molecule has 1 aliphatic rings. The molecule has 0 amide bonds. The number of carbonyl (C=O) groups is 3. The predicted octanol–water partition coefficient (Wildman–Crippen LogP) is -3.47. The smallest absolute Gasteiger partial charge is 0.319 e. The van der Waals surface area contributed by atoms with Gasteiger partial charge < -0.3 is 30.6 Å². The summed E-state index contributed by atoms with van der Waals surface area (Å²) in [6, 6.07) is 0. The number of nitrogens with one attached hydrogen (secondary N) is 1. The Morgan fingerprint density at radius 1 is 0.933 bits per heavy atom. The van der Waals surface area contributed by atoms with Crippen LogP contribution in [0.25, 0.3) is 0 Å². The van der Waals surface area contributed by atoms with E-state index in [1.54, 1.807) is 4.90 Å². The van der Waals surface area contributed by atoms with Gasteiger partial charge in [0.1, 0.15) is 6.54 Å². The van der Waals surface area contributed by atoms with E-state index in [1.165, 1.54) is 16.8 Å². The number of aliphatic hydroxyl groups excluding tert-OH is 3. The van der Waals surface area contributed by atoms with Crippen molar-refractivity contribution in [2.45, 2.75) is 31.1 Å². The quantitative estimate of drug-likeness (QED) is 0.179. The number of nitrogens with zero attached hydrogens (tertiary/aromatic N) is 3. The van der Waals surface area contributed by atoms with Crippen LogP contribution < -0.4 is 5.43 Å². The molecule has 13 heteroatoms. The summed E-state index contributed by atoms with van der Waals surface area (Å²) in [6.07, 6.45) is -2.72. The third kappa shape index (κ3) is 8.10. The molecule has 174 valence electrons. The van der Waals surface area contributed by atoms with Crippen molar-refractivity contribution in [1.29, 1.82) is 0 Å². The molecular formula is C17H32N4O9. The van der Waals surface area contributed by atoms with Gasteiger partial charge in [-0.3, -0.25) is 29.6 Å². The van der Waals surface area contributed by atoms with Gasteiger partial charge in [-0.25, -0.2) is 5.01 Å². The molecule has 30 heavy (non-hydrogen) atoms. The Balaban J connectivity index is 3.34. The van der Waals surface area contributed by atoms with Crippen molar-refractivity contribution in [3.05, 3.63) is 0 Å². The van der Waals surface area contributed by atoms with E-state index in [0.29, 0.717) is 0 Å². The van der Waals surface area contributed by atoms with Gasteiger partial charge in [-0.15, -0.1) is 0 Å². The van der Waals surface area contributed by atoms with Crippen molar-refractivity contribution in [3.8, 4) is 0 Å². The lowest BCUT2D eigenvalue weighted by molar-refractivity contribution is -0.152. The molecule has 0 aromatic rings. The van der Waals surface area contributed by atoms with E-state index in [2.05, 4.69) is 5.43 Å². The fourth-order valence-corrected chi connectivity index (χ4v) is 3.65. The highest BCUT2D eigenvalue weighted by Crippen LogP contribution is 2.27. The Hall–Kier alpha value is -1.87. The highest BCUT2D eigenvalue weighted by atomic mass is 16.4. The van der Waals surface area contributed by atoms with E-state index in [1.807, 2.05) is 0 Å². The molecule has 3 atom stereocenters. The summed E-state index contributed by atoms with van der Waals surface area (Å²) in [7, 11) is 0. The van der Waals surface area contributed by atoms with Crippen LogP contribution in [0.2, 0.25) is 0 Å². The fraction of sp³-hybridized carbons (Fsp3) is 0.824. The van der Waals surface area contributed by atoms with E-state index in [4.69, 9.17) is 5.11 Å². The molecule has 3 unspecified atom stereocenters. The van der Waals surface area contributed by atoms with Crippen LogP contribution >= 0.6 is 0 Å². The lowest BCUT2D eigenvalue weighted by Gasteiger charge is -2.49. The second-order valence-corrected chi connectivity index (χ2v) is 7.48. The molecule has 0 spiro atoms. The molecule has 1 heterocycles. The molecule has 1 saturated heterocycles. The molecule has 0 saturated carbocycles. The van der Waals surface area contributed by atoms with Crippen LogP contribution in [0.1, 0.15) is 13.3 Å². The van der Waals surface area contributed by atoms with E-state index in [-0.39, 0.29) is 45.7 Å². The molecule has 1 rings (SSSR count). The van der Waals surface area contributed by atoms with Gasteiger partial charge in [0.25, 0.3) is 0 Å². The number of hydrogen-bond donors (Lipinski definition) is 7.